The number of anilines is 2. The molecule has 1 amide bonds. The number of carbonyl (C=O) groups is 1. The standard InChI is InChI=1S/C21H29N5O3S/c1-15-20(16(2)24-23-15)30(28,29)26-13-7-8-17(14-26)21(27)22-18-9-3-4-10-19(18)25-11-5-6-12-25/h3-4,9-10,17H,5-8,11-14H2,1-2H3,(H,22,27)(H,23,24). The number of hydrogen-bond acceptors (Lipinski definition) is 5. The molecule has 0 aliphatic carbocycles. The van der Waals surface area contributed by atoms with E-state index in [9.17, 15) is 13.2 Å². The Kier molecular flexibility index (Phi) is 5.84. The monoisotopic (exact) mass is 431 g/mol. The fourth-order valence-corrected chi connectivity index (χ4v) is 6.33. The zero-order valence-corrected chi connectivity index (χ0v) is 18.3. The number of amides is 1. The molecule has 162 valence electrons. The summed E-state index contributed by atoms with van der Waals surface area (Å²) >= 11 is 0. The van der Waals surface area contributed by atoms with E-state index in [0.717, 1.165) is 37.3 Å². The van der Waals surface area contributed by atoms with Gasteiger partial charge < -0.3 is 10.2 Å². The van der Waals surface area contributed by atoms with E-state index >= 15 is 0 Å². The summed E-state index contributed by atoms with van der Waals surface area (Å²) in [5.41, 5.74) is 2.82. The Bertz CT molecular complexity index is 1010. The summed E-state index contributed by atoms with van der Waals surface area (Å²) in [6, 6.07) is 7.84. The molecule has 1 aromatic carbocycles. The van der Waals surface area contributed by atoms with Crippen LogP contribution in [0, 0.1) is 19.8 Å². The van der Waals surface area contributed by atoms with Gasteiger partial charge in [-0.2, -0.15) is 9.40 Å². The van der Waals surface area contributed by atoms with Crippen LogP contribution < -0.4 is 10.2 Å². The Labute approximate surface area is 177 Å². The minimum Gasteiger partial charge on any atom is -0.370 e. The van der Waals surface area contributed by atoms with E-state index in [1.165, 1.54) is 4.31 Å². The molecule has 1 unspecified atom stereocenters. The van der Waals surface area contributed by atoms with Crippen molar-refractivity contribution in [3.05, 3.63) is 35.7 Å². The van der Waals surface area contributed by atoms with Gasteiger partial charge in [-0.05, 0) is 51.7 Å². The van der Waals surface area contributed by atoms with Gasteiger partial charge in [0.05, 0.1) is 28.7 Å². The van der Waals surface area contributed by atoms with Gasteiger partial charge in [-0.3, -0.25) is 9.89 Å². The van der Waals surface area contributed by atoms with Gasteiger partial charge in [0.1, 0.15) is 4.90 Å². The van der Waals surface area contributed by atoms with Gasteiger partial charge in [-0.25, -0.2) is 8.42 Å². The molecule has 2 fully saturated rings. The number of aromatic nitrogens is 2. The van der Waals surface area contributed by atoms with Gasteiger partial charge in [0.15, 0.2) is 0 Å². The second-order valence-corrected chi connectivity index (χ2v) is 10.0. The van der Waals surface area contributed by atoms with Crippen molar-refractivity contribution in [3.8, 4) is 0 Å². The smallest absolute Gasteiger partial charge is 0.246 e. The quantitative estimate of drug-likeness (QED) is 0.758. The normalized spacial score (nSPS) is 20.5. The molecule has 0 spiro atoms. The molecule has 0 radical (unpaired) electrons. The Balaban J connectivity index is 1.50. The van der Waals surface area contributed by atoms with Crippen molar-refractivity contribution >= 4 is 27.3 Å². The third-order valence-electron chi connectivity index (χ3n) is 6.02. The molecule has 2 aromatic rings. The maximum atomic E-state index is 13.2. The predicted octanol–water partition coefficient (Wildman–Crippen LogP) is 2.67. The van der Waals surface area contributed by atoms with Crippen LogP contribution in [0.1, 0.15) is 37.1 Å². The first kappa shape index (κ1) is 20.9. The van der Waals surface area contributed by atoms with Crippen LogP contribution in [0.3, 0.4) is 0 Å². The summed E-state index contributed by atoms with van der Waals surface area (Å²) in [6.07, 6.45) is 3.64. The Morgan fingerprint density at radius 2 is 1.87 bits per heavy atom. The first-order valence-electron chi connectivity index (χ1n) is 10.5. The van der Waals surface area contributed by atoms with Crippen LogP contribution in [-0.4, -0.2) is 55.0 Å². The van der Waals surface area contributed by atoms with Gasteiger partial charge in [-0.1, -0.05) is 12.1 Å². The van der Waals surface area contributed by atoms with Crippen LogP contribution in [0.5, 0.6) is 0 Å². The fraction of sp³-hybridized carbons (Fsp3) is 0.524. The summed E-state index contributed by atoms with van der Waals surface area (Å²) < 4.78 is 27.8. The molecule has 4 rings (SSSR count). The van der Waals surface area contributed by atoms with Gasteiger partial charge in [-0.15, -0.1) is 0 Å². The van der Waals surface area contributed by atoms with Crippen LogP contribution in [0.4, 0.5) is 11.4 Å². The summed E-state index contributed by atoms with van der Waals surface area (Å²) in [5, 5.41) is 9.83. The van der Waals surface area contributed by atoms with Gasteiger partial charge in [0, 0.05) is 26.2 Å². The number of nitrogens with zero attached hydrogens (tertiary/aromatic N) is 3. The highest BCUT2D eigenvalue weighted by Gasteiger charge is 2.36. The number of hydrogen-bond donors (Lipinski definition) is 2. The molecule has 1 atom stereocenters. The van der Waals surface area contributed by atoms with Gasteiger partial charge in [0.25, 0.3) is 0 Å². The first-order valence-corrected chi connectivity index (χ1v) is 12.0. The molecule has 9 heteroatoms. The minimum absolute atomic E-state index is 0.123. The van der Waals surface area contributed by atoms with Crippen molar-refractivity contribution in [2.75, 3.05) is 36.4 Å². The van der Waals surface area contributed by atoms with E-state index < -0.39 is 10.0 Å². The number of rotatable bonds is 5. The molecule has 3 heterocycles. The number of nitrogens with one attached hydrogen (secondary N) is 2. The van der Waals surface area contributed by atoms with E-state index in [1.807, 2.05) is 24.3 Å². The molecular weight excluding hydrogens is 402 g/mol. The lowest BCUT2D eigenvalue weighted by Crippen LogP contribution is -2.44. The number of aromatic amines is 1. The number of sulfonamides is 1. The van der Waals surface area contributed by atoms with Crippen LogP contribution in [0.15, 0.2) is 29.2 Å². The van der Waals surface area contributed by atoms with E-state index in [2.05, 4.69) is 20.4 Å². The maximum absolute atomic E-state index is 13.2. The summed E-state index contributed by atoms with van der Waals surface area (Å²) in [7, 11) is -3.69. The van der Waals surface area contributed by atoms with Crippen molar-refractivity contribution in [1.82, 2.24) is 14.5 Å². The molecule has 2 aliphatic heterocycles. The maximum Gasteiger partial charge on any atom is 0.246 e. The van der Waals surface area contributed by atoms with Crippen molar-refractivity contribution in [2.45, 2.75) is 44.4 Å². The zero-order valence-electron chi connectivity index (χ0n) is 17.5. The number of aryl methyl sites for hydroxylation is 2. The van der Waals surface area contributed by atoms with Crippen molar-refractivity contribution in [1.29, 1.82) is 0 Å². The Hall–Kier alpha value is -2.39. The van der Waals surface area contributed by atoms with Crippen LogP contribution in [0.2, 0.25) is 0 Å². The van der Waals surface area contributed by atoms with E-state index in [1.54, 1.807) is 13.8 Å². The first-order chi connectivity index (χ1) is 14.4. The molecule has 30 heavy (non-hydrogen) atoms. The molecule has 2 saturated heterocycles. The van der Waals surface area contributed by atoms with Gasteiger partial charge >= 0.3 is 0 Å². The zero-order chi connectivity index (χ0) is 21.3. The average molecular weight is 432 g/mol. The molecule has 0 bridgehead atoms. The largest absolute Gasteiger partial charge is 0.370 e. The van der Waals surface area contributed by atoms with Crippen molar-refractivity contribution in [3.63, 3.8) is 0 Å². The average Bonchev–Trinajstić information content (AvgIpc) is 3.38. The summed E-state index contributed by atoms with van der Waals surface area (Å²) in [4.78, 5) is 15.6. The fourth-order valence-electron chi connectivity index (χ4n) is 4.47. The van der Waals surface area contributed by atoms with Crippen molar-refractivity contribution in [2.24, 2.45) is 5.92 Å². The lowest BCUT2D eigenvalue weighted by molar-refractivity contribution is -0.120. The molecule has 1 aromatic heterocycles. The number of H-pyrrole nitrogens is 1. The number of para-hydroxylation sites is 2. The van der Waals surface area contributed by atoms with Gasteiger partial charge in [0.2, 0.25) is 15.9 Å². The van der Waals surface area contributed by atoms with E-state index in [4.69, 9.17) is 0 Å². The highest BCUT2D eigenvalue weighted by atomic mass is 32.2. The second-order valence-electron chi connectivity index (χ2n) is 8.17. The second kappa shape index (κ2) is 8.39. The highest BCUT2D eigenvalue weighted by Crippen LogP contribution is 2.31. The third-order valence-corrected chi connectivity index (χ3v) is 8.15. The summed E-state index contributed by atoms with van der Waals surface area (Å²) in [5.74, 6) is -0.505. The number of piperidine rings is 1. The molecule has 2 N–H and O–H groups in total. The number of carbonyl (C=O) groups excluding carboxylic acids is 1. The van der Waals surface area contributed by atoms with Crippen LogP contribution in [0.25, 0.3) is 0 Å². The van der Waals surface area contributed by atoms with Crippen LogP contribution in [-0.2, 0) is 14.8 Å². The topological polar surface area (TPSA) is 98.4 Å². The Morgan fingerprint density at radius 3 is 2.57 bits per heavy atom. The lowest BCUT2D eigenvalue weighted by atomic mass is 9.98. The van der Waals surface area contributed by atoms with Crippen LogP contribution >= 0.6 is 0 Å². The van der Waals surface area contributed by atoms with Crippen molar-refractivity contribution < 1.29 is 13.2 Å². The molecule has 8 nitrogen and oxygen atoms in total. The molecule has 0 saturated carbocycles. The predicted molar refractivity (Wildman–Crippen MR) is 116 cm³/mol. The molecule has 2 aliphatic rings. The minimum atomic E-state index is -3.69. The van der Waals surface area contributed by atoms with E-state index in [0.29, 0.717) is 30.8 Å². The Morgan fingerprint density at radius 1 is 1.13 bits per heavy atom. The SMILES string of the molecule is Cc1n[nH]c(C)c1S(=O)(=O)N1CCCC(C(=O)Nc2ccccc2N2CCCC2)C1. The number of benzene rings is 1. The molecular formula is C21H29N5O3S. The van der Waals surface area contributed by atoms with E-state index in [-0.39, 0.29) is 23.3 Å². The highest BCUT2D eigenvalue weighted by molar-refractivity contribution is 7.89. The lowest BCUT2D eigenvalue weighted by Gasteiger charge is -2.31. The third kappa shape index (κ3) is 3.96. The summed E-state index contributed by atoms with van der Waals surface area (Å²) in [6.45, 7) is 5.97.